The van der Waals surface area contributed by atoms with Crippen LogP contribution < -0.4 is 4.84 Å². The van der Waals surface area contributed by atoms with E-state index in [1.165, 1.54) is 0 Å². The number of hydrogen-bond donors (Lipinski definition) is 1. The zero-order chi connectivity index (χ0) is 11.1. The second-order valence-electron chi connectivity index (χ2n) is 2.71. The first kappa shape index (κ1) is 11.6. The molecule has 0 aliphatic heterocycles. The van der Waals surface area contributed by atoms with Gasteiger partial charge in [0.05, 0.1) is 0 Å². The number of nitrogens with zero attached hydrogens (tertiary/aromatic N) is 1. The molecule has 1 rings (SSSR count). The lowest BCUT2D eigenvalue weighted by molar-refractivity contribution is -0.146. The number of hydrogen-bond acceptors (Lipinski definition) is 4. The van der Waals surface area contributed by atoms with Crippen molar-refractivity contribution >= 4 is 14.4 Å². The van der Waals surface area contributed by atoms with Crippen molar-refractivity contribution in [2.45, 2.75) is 0 Å². The van der Waals surface area contributed by atoms with Gasteiger partial charge in [-0.2, -0.15) is 0 Å². The van der Waals surface area contributed by atoms with Crippen LogP contribution >= 0.6 is 8.46 Å². The van der Waals surface area contributed by atoms with E-state index in [9.17, 15) is 9.36 Å². The Balaban J connectivity index is 2.58. The molecule has 1 N–H and O–H groups in total. The maximum absolute atomic E-state index is 10.4. The molecule has 0 heterocycles. The number of carboxylic acid groups (broad SMARTS) is 1. The van der Waals surface area contributed by atoms with E-state index in [0.717, 1.165) is 5.06 Å². The smallest absolute Gasteiger partial charge is 0.321 e. The molecule has 1 aromatic rings. The third-order valence-corrected chi connectivity index (χ3v) is 1.94. The minimum atomic E-state index is -1.03. The van der Waals surface area contributed by atoms with Gasteiger partial charge < -0.3 is 9.94 Å². The fourth-order valence-corrected chi connectivity index (χ4v) is 1.24. The molecule has 1 aromatic carbocycles. The molecular formula is C9H10NO4P. The first-order chi connectivity index (χ1) is 7.22. The lowest BCUT2D eigenvalue weighted by atomic mass is 10.3. The third-order valence-electron chi connectivity index (χ3n) is 1.50. The van der Waals surface area contributed by atoms with Crippen LogP contribution in [0, 0.1) is 0 Å². The van der Waals surface area contributed by atoms with E-state index in [1.54, 1.807) is 24.3 Å². The average Bonchev–Trinajstić information content (AvgIpc) is 2.18. The molecule has 0 radical (unpaired) electrons. The van der Waals surface area contributed by atoms with Gasteiger partial charge in [-0.25, -0.2) is 0 Å². The first-order valence-electron chi connectivity index (χ1n) is 4.21. The van der Waals surface area contributed by atoms with Crippen LogP contribution in [0.25, 0.3) is 0 Å². The van der Waals surface area contributed by atoms with Gasteiger partial charge in [-0.1, -0.05) is 18.2 Å². The van der Waals surface area contributed by atoms with Gasteiger partial charge in [0.15, 0.2) is 8.46 Å². The molecule has 0 saturated carbocycles. The molecule has 0 aliphatic carbocycles. The average molecular weight is 227 g/mol. The summed E-state index contributed by atoms with van der Waals surface area (Å²) in [6.07, 6.45) is 0.0151. The monoisotopic (exact) mass is 227 g/mol. The fraction of sp³-hybridized carbons (Fsp3) is 0.222. The van der Waals surface area contributed by atoms with Crippen LogP contribution in [0.2, 0.25) is 0 Å². The molecule has 0 atom stereocenters. The number of carbonyl (C=O) groups is 1. The lowest BCUT2D eigenvalue weighted by Crippen LogP contribution is -2.31. The summed E-state index contributed by atoms with van der Waals surface area (Å²) >= 11 is 0. The summed E-state index contributed by atoms with van der Waals surface area (Å²) in [5, 5.41) is 9.68. The Bertz CT molecular complexity index is 330. The highest BCUT2D eigenvalue weighted by molar-refractivity contribution is 7.23. The quantitative estimate of drug-likeness (QED) is 0.590. The predicted octanol–water partition coefficient (Wildman–Crippen LogP) is 1.62. The van der Waals surface area contributed by atoms with E-state index in [4.69, 9.17) is 9.94 Å². The number of hydroxylamine groups is 2. The van der Waals surface area contributed by atoms with Gasteiger partial charge >= 0.3 is 5.97 Å². The van der Waals surface area contributed by atoms with E-state index >= 15 is 0 Å². The van der Waals surface area contributed by atoms with Crippen molar-refractivity contribution in [3.8, 4) is 5.75 Å². The van der Waals surface area contributed by atoms with Gasteiger partial charge in [0.25, 0.3) is 0 Å². The molecule has 0 fully saturated rings. The minimum Gasteiger partial charge on any atom is -0.480 e. The predicted molar refractivity (Wildman–Crippen MR) is 53.9 cm³/mol. The van der Waals surface area contributed by atoms with Crippen molar-refractivity contribution in [3.63, 3.8) is 0 Å². The molecule has 0 saturated heterocycles. The highest BCUT2D eigenvalue weighted by Gasteiger charge is 2.11. The van der Waals surface area contributed by atoms with E-state index in [1.807, 2.05) is 6.07 Å². The minimum absolute atomic E-state index is 0.0151. The van der Waals surface area contributed by atoms with Crippen molar-refractivity contribution < 1.29 is 19.3 Å². The Morgan fingerprint density at radius 2 is 2.07 bits per heavy atom. The van der Waals surface area contributed by atoms with Gasteiger partial charge in [0, 0.05) is 0 Å². The Kier molecular flexibility index (Phi) is 4.74. The largest absolute Gasteiger partial charge is 0.480 e. The van der Waals surface area contributed by atoms with Crippen molar-refractivity contribution in [2.24, 2.45) is 0 Å². The Morgan fingerprint density at radius 1 is 1.40 bits per heavy atom. The molecule has 6 heteroatoms. The Morgan fingerprint density at radius 3 is 2.60 bits per heavy atom. The number of para-hydroxylation sites is 1. The van der Waals surface area contributed by atoms with Crippen LogP contribution in [0.3, 0.4) is 0 Å². The van der Waals surface area contributed by atoms with Gasteiger partial charge in [-0.05, 0) is 12.1 Å². The summed E-state index contributed by atoms with van der Waals surface area (Å²) in [5.41, 5.74) is 0. The molecule has 0 spiro atoms. The van der Waals surface area contributed by atoms with Gasteiger partial charge in [0.1, 0.15) is 18.6 Å². The highest BCUT2D eigenvalue weighted by Crippen LogP contribution is 2.11. The number of benzene rings is 1. The van der Waals surface area contributed by atoms with Crippen LogP contribution in [0.15, 0.2) is 30.3 Å². The Labute approximate surface area is 88.4 Å². The van der Waals surface area contributed by atoms with E-state index < -0.39 is 5.97 Å². The highest BCUT2D eigenvalue weighted by atomic mass is 31.1. The number of aliphatic carboxylic acids is 1. The topological polar surface area (TPSA) is 66.8 Å². The molecule has 0 aliphatic rings. The molecule has 0 unspecified atom stereocenters. The van der Waals surface area contributed by atoms with E-state index in [-0.39, 0.29) is 21.3 Å². The zero-order valence-corrected chi connectivity index (χ0v) is 8.76. The SMILES string of the molecule is O=PCN(CC(=O)O)Oc1ccccc1. The van der Waals surface area contributed by atoms with Crippen LogP contribution in [0.5, 0.6) is 5.75 Å². The van der Waals surface area contributed by atoms with E-state index in [2.05, 4.69) is 0 Å². The van der Waals surface area contributed by atoms with Gasteiger partial charge in [-0.3, -0.25) is 9.36 Å². The van der Waals surface area contributed by atoms with Crippen molar-refractivity contribution in [3.05, 3.63) is 30.3 Å². The van der Waals surface area contributed by atoms with Crippen LogP contribution in [-0.4, -0.2) is 29.0 Å². The summed E-state index contributed by atoms with van der Waals surface area (Å²) in [5.74, 6) is -0.517. The van der Waals surface area contributed by atoms with Crippen LogP contribution in [0.4, 0.5) is 0 Å². The summed E-state index contributed by atoms with van der Waals surface area (Å²) in [4.78, 5) is 15.7. The molecule has 0 bridgehead atoms. The Hall–Kier alpha value is -1.45. The fourth-order valence-electron chi connectivity index (χ4n) is 0.957. The number of carboxylic acids is 1. The van der Waals surface area contributed by atoms with Crippen LogP contribution in [-0.2, 0) is 9.36 Å². The standard InChI is InChI=1S/C9H10NO4P/c11-9(12)6-10(7-15-13)14-8-4-2-1-3-5-8/h1-5H,6-7H2,(H,11,12). The van der Waals surface area contributed by atoms with Gasteiger partial charge in [0.2, 0.25) is 0 Å². The third kappa shape index (κ3) is 4.54. The first-order valence-corrected chi connectivity index (χ1v) is 5.21. The normalized spacial score (nSPS) is 10.5. The summed E-state index contributed by atoms with van der Waals surface area (Å²) in [6.45, 7) is -0.315. The lowest BCUT2D eigenvalue weighted by Gasteiger charge is -2.17. The maximum Gasteiger partial charge on any atom is 0.321 e. The number of rotatable bonds is 6. The molecule has 80 valence electrons. The summed E-state index contributed by atoms with van der Waals surface area (Å²) in [7, 11) is -0.182. The van der Waals surface area contributed by atoms with Gasteiger partial charge in [-0.15, -0.1) is 5.06 Å². The summed E-state index contributed by atoms with van der Waals surface area (Å²) < 4.78 is 10.4. The van der Waals surface area contributed by atoms with Crippen molar-refractivity contribution in [2.75, 3.05) is 12.8 Å². The molecule has 5 nitrogen and oxygen atoms in total. The molecule has 0 amide bonds. The second kappa shape index (κ2) is 6.11. The maximum atomic E-state index is 10.4. The molecular weight excluding hydrogens is 217 g/mol. The summed E-state index contributed by atoms with van der Waals surface area (Å²) in [6, 6.07) is 8.74. The van der Waals surface area contributed by atoms with Crippen molar-refractivity contribution in [1.82, 2.24) is 5.06 Å². The molecule has 15 heavy (non-hydrogen) atoms. The second-order valence-corrected chi connectivity index (χ2v) is 3.25. The van der Waals surface area contributed by atoms with E-state index in [0.29, 0.717) is 5.75 Å². The molecule has 0 aromatic heterocycles. The zero-order valence-electron chi connectivity index (χ0n) is 7.87. The van der Waals surface area contributed by atoms with Crippen LogP contribution in [0.1, 0.15) is 0 Å². The van der Waals surface area contributed by atoms with Crippen molar-refractivity contribution in [1.29, 1.82) is 0 Å².